The van der Waals surface area contributed by atoms with E-state index >= 15 is 0 Å². The SMILES string of the molecule is CP(=O)(CC(CCC(=O)O)C(=O)O)OCc1ccccc1. The summed E-state index contributed by atoms with van der Waals surface area (Å²) in [6, 6.07) is 9.14. The van der Waals surface area contributed by atoms with Crippen molar-refractivity contribution in [2.45, 2.75) is 19.4 Å². The number of carbonyl (C=O) groups is 2. The molecule has 0 fully saturated rings. The van der Waals surface area contributed by atoms with E-state index in [2.05, 4.69) is 0 Å². The molecule has 0 saturated carbocycles. The van der Waals surface area contributed by atoms with Crippen LogP contribution in [0, 0.1) is 5.92 Å². The summed E-state index contributed by atoms with van der Waals surface area (Å²) in [4.78, 5) is 21.6. The van der Waals surface area contributed by atoms with Gasteiger partial charge in [0.15, 0.2) is 0 Å². The Kier molecular flexibility index (Phi) is 6.59. The number of aliphatic carboxylic acids is 2. The van der Waals surface area contributed by atoms with Gasteiger partial charge in [-0.3, -0.25) is 14.2 Å². The lowest BCUT2D eigenvalue weighted by Gasteiger charge is -2.18. The van der Waals surface area contributed by atoms with Gasteiger partial charge in [0, 0.05) is 19.2 Å². The summed E-state index contributed by atoms with van der Waals surface area (Å²) in [5.41, 5.74) is 0.844. The monoisotopic (exact) mass is 314 g/mol. The van der Waals surface area contributed by atoms with E-state index in [0.717, 1.165) is 5.56 Å². The van der Waals surface area contributed by atoms with E-state index in [-0.39, 0.29) is 25.6 Å². The minimum Gasteiger partial charge on any atom is -0.481 e. The number of benzene rings is 1. The summed E-state index contributed by atoms with van der Waals surface area (Å²) in [6.07, 6.45) is -0.491. The Hall–Kier alpha value is -1.65. The molecule has 0 bridgehead atoms. The number of hydrogen-bond donors (Lipinski definition) is 2. The van der Waals surface area contributed by atoms with Crippen molar-refractivity contribution in [1.82, 2.24) is 0 Å². The smallest absolute Gasteiger partial charge is 0.307 e. The van der Waals surface area contributed by atoms with Crippen molar-refractivity contribution in [3.63, 3.8) is 0 Å². The Morgan fingerprint density at radius 3 is 2.38 bits per heavy atom. The van der Waals surface area contributed by atoms with Gasteiger partial charge in [-0.25, -0.2) is 0 Å². The van der Waals surface area contributed by atoms with Crippen LogP contribution < -0.4 is 0 Å². The average Bonchev–Trinajstić information content (AvgIpc) is 2.42. The molecule has 1 aromatic rings. The first-order valence-corrected chi connectivity index (χ1v) is 8.75. The summed E-state index contributed by atoms with van der Waals surface area (Å²) in [5.74, 6) is -3.20. The Balaban J connectivity index is 2.57. The third-order valence-corrected chi connectivity index (χ3v) is 4.73. The number of hydrogen-bond acceptors (Lipinski definition) is 4. The largest absolute Gasteiger partial charge is 0.481 e. The molecule has 6 nitrogen and oxygen atoms in total. The third-order valence-electron chi connectivity index (χ3n) is 2.96. The van der Waals surface area contributed by atoms with E-state index < -0.39 is 25.2 Å². The fourth-order valence-electron chi connectivity index (χ4n) is 1.83. The molecule has 7 heteroatoms. The van der Waals surface area contributed by atoms with Crippen molar-refractivity contribution < 1.29 is 28.9 Å². The third kappa shape index (κ3) is 7.06. The highest BCUT2D eigenvalue weighted by Gasteiger charge is 2.28. The summed E-state index contributed by atoms with van der Waals surface area (Å²) < 4.78 is 17.7. The minimum absolute atomic E-state index is 0.0583. The molecule has 0 amide bonds. The summed E-state index contributed by atoms with van der Waals surface area (Å²) in [5, 5.41) is 17.7. The van der Waals surface area contributed by atoms with E-state index in [4.69, 9.17) is 14.7 Å². The zero-order chi connectivity index (χ0) is 15.9. The highest BCUT2D eigenvalue weighted by molar-refractivity contribution is 7.58. The van der Waals surface area contributed by atoms with Gasteiger partial charge in [-0.2, -0.15) is 0 Å². The van der Waals surface area contributed by atoms with Crippen LogP contribution in [0.4, 0.5) is 0 Å². The molecule has 1 aromatic carbocycles. The van der Waals surface area contributed by atoms with Crippen LogP contribution in [0.15, 0.2) is 30.3 Å². The molecule has 0 aliphatic carbocycles. The van der Waals surface area contributed by atoms with E-state index in [0.29, 0.717) is 0 Å². The Bertz CT molecular complexity index is 528. The molecule has 2 N–H and O–H groups in total. The second kappa shape index (κ2) is 7.96. The van der Waals surface area contributed by atoms with Gasteiger partial charge in [-0.1, -0.05) is 30.3 Å². The van der Waals surface area contributed by atoms with E-state index in [1.54, 1.807) is 0 Å². The zero-order valence-corrected chi connectivity index (χ0v) is 12.7. The fourth-order valence-corrected chi connectivity index (χ4v) is 3.50. The van der Waals surface area contributed by atoms with Gasteiger partial charge in [-0.05, 0) is 12.0 Å². The molecule has 2 unspecified atom stereocenters. The van der Waals surface area contributed by atoms with Crippen LogP contribution >= 0.6 is 7.37 Å². The predicted octanol–water partition coefficient (Wildman–Crippen LogP) is 2.68. The van der Waals surface area contributed by atoms with Gasteiger partial charge in [0.1, 0.15) is 0 Å². The molecular weight excluding hydrogens is 295 g/mol. The van der Waals surface area contributed by atoms with Gasteiger partial charge in [-0.15, -0.1) is 0 Å². The first-order valence-electron chi connectivity index (χ1n) is 6.50. The van der Waals surface area contributed by atoms with Crippen LogP contribution in [0.2, 0.25) is 0 Å². The van der Waals surface area contributed by atoms with Crippen molar-refractivity contribution >= 4 is 19.3 Å². The maximum atomic E-state index is 12.3. The van der Waals surface area contributed by atoms with Crippen LogP contribution in [0.1, 0.15) is 18.4 Å². The molecule has 0 aromatic heterocycles. The normalized spacial score (nSPS) is 15.1. The maximum Gasteiger partial charge on any atom is 0.307 e. The van der Waals surface area contributed by atoms with Crippen molar-refractivity contribution in [3.8, 4) is 0 Å². The fraction of sp³-hybridized carbons (Fsp3) is 0.429. The number of carboxylic acids is 2. The van der Waals surface area contributed by atoms with Gasteiger partial charge in [0.2, 0.25) is 7.37 Å². The lowest BCUT2D eigenvalue weighted by Crippen LogP contribution is -2.19. The summed E-state index contributed by atoms with van der Waals surface area (Å²) >= 11 is 0. The molecule has 1 rings (SSSR count). The minimum atomic E-state index is -3.10. The summed E-state index contributed by atoms with van der Waals surface area (Å²) in [7, 11) is -3.10. The van der Waals surface area contributed by atoms with E-state index in [1.165, 1.54) is 6.66 Å². The molecule has 0 heterocycles. The highest BCUT2D eigenvalue weighted by atomic mass is 31.2. The molecule has 0 aliphatic heterocycles. The van der Waals surface area contributed by atoms with Crippen LogP contribution in [0.5, 0.6) is 0 Å². The van der Waals surface area contributed by atoms with Crippen LogP contribution in [-0.4, -0.2) is 35.0 Å². The van der Waals surface area contributed by atoms with Gasteiger partial charge >= 0.3 is 11.9 Å². The topological polar surface area (TPSA) is 101 Å². The van der Waals surface area contributed by atoms with Crippen molar-refractivity contribution in [1.29, 1.82) is 0 Å². The van der Waals surface area contributed by atoms with Crippen LogP contribution in [0.25, 0.3) is 0 Å². The lowest BCUT2D eigenvalue weighted by molar-refractivity contribution is -0.142. The van der Waals surface area contributed by atoms with Gasteiger partial charge in [0.25, 0.3) is 0 Å². The molecule has 0 radical (unpaired) electrons. The molecule has 2 atom stereocenters. The quantitative estimate of drug-likeness (QED) is 0.680. The predicted molar refractivity (Wildman–Crippen MR) is 77.6 cm³/mol. The molecular formula is C14H19O6P. The van der Waals surface area contributed by atoms with Crippen molar-refractivity contribution in [3.05, 3.63) is 35.9 Å². The Morgan fingerprint density at radius 2 is 1.86 bits per heavy atom. The molecule has 0 aliphatic rings. The number of carboxylic acid groups (broad SMARTS) is 2. The molecule has 116 valence electrons. The first kappa shape index (κ1) is 17.4. The second-order valence-corrected chi connectivity index (χ2v) is 7.57. The van der Waals surface area contributed by atoms with Crippen molar-refractivity contribution in [2.75, 3.05) is 12.8 Å². The first-order chi connectivity index (χ1) is 9.80. The highest BCUT2D eigenvalue weighted by Crippen LogP contribution is 2.46. The molecule has 0 saturated heterocycles. The van der Waals surface area contributed by atoms with Gasteiger partial charge in [0.05, 0.1) is 12.5 Å². The van der Waals surface area contributed by atoms with Crippen LogP contribution in [0.3, 0.4) is 0 Å². The van der Waals surface area contributed by atoms with Crippen LogP contribution in [-0.2, 0) is 25.3 Å². The second-order valence-electron chi connectivity index (χ2n) is 4.92. The van der Waals surface area contributed by atoms with E-state index in [9.17, 15) is 14.2 Å². The average molecular weight is 314 g/mol. The zero-order valence-electron chi connectivity index (χ0n) is 11.8. The number of rotatable bonds is 9. The standard InChI is InChI=1S/C14H19O6P/c1-21(19,20-9-11-5-3-2-4-6-11)10-12(14(17)18)7-8-13(15)16/h2-6,12H,7-10H2,1H3,(H,15,16)(H,17,18). The Morgan fingerprint density at radius 1 is 1.24 bits per heavy atom. The van der Waals surface area contributed by atoms with E-state index in [1.807, 2.05) is 30.3 Å². The maximum absolute atomic E-state index is 12.3. The molecule has 21 heavy (non-hydrogen) atoms. The Labute approximate surface area is 123 Å². The summed E-state index contributed by atoms with van der Waals surface area (Å²) in [6.45, 7) is 1.52. The van der Waals surface area contributed by atoms with Crippen molar-refractivity contribution in [2.24, 2.45) is 5.92 Å². The van der Waals surface area contributed by atoms with Gasteiger partial charge < -0.3 is 14.7 Å². The lowest BCUT2D eigenvalue weighted by atomic mass is 10.1. The molecule has 0 spiro atoms.